The molecule has 2 unspecified atom stereocenters. The van der Waals surface area contributed by atoms with Gasteiger partial charge in [0.05, 0.1) is 11.8 Å². The summed E-state index contributed by atoms with van der Waals surface area (Å²) in [5.74, 6) is -0.828. The quantitative estimate of drug-likeness (QED) is 0.891. The summed E-state index contributed by atoms with van der Waals surface area (Å²) in [6, 6.07) is -0.721. The van der Waals surface area contributed by atoms with E-state index in [2.05, 4.69) is 5.10 Å². The van der Waals surface area contributed by atoms with Gasteiger partial charge in [-0.25, -0.2) is 4.79 Å². The Balaban J connectivity index is 2.18. The average molecular weight is 265 g/mol. The van der Waals surface area contributed by atoms with E-state index in [0.717, 1.165) is 6.42 Å². The molecule has 0 radical (unpaired) electrons. The molecular formula is C13H19N3O3. The molecule has 0 saturated carbocycles. The van der Waals surface area contributed by atoms with E-state index in [1.165, 1.54) is 11.1 Å². The van der Waals surface area contributed by atoms with E-state index in [0.29, 0.717) is 31.0 Å². The largest absolute Gasteiger partial charge is 0.480 e. The number of aromatic nitrogens is 2. The number of aryl methyl sites for hydroxylation is 1. The highest BCUT2D eigenvalue weighted by Gasteiger charge is 2.35. The first kappa shape index (κ1) is 13.6. The van der Waals surface area contributed by atoms with Crippen molar-refractivity contribution in [2.75, 3.05) is 6.54 Å². The summed E-state index contributed by atoms with van der Waals surface area (Å²) in [5.41, 5.74) is 0.461. The number of aliphatic carboxylic acids is 1. The second-order valence-corrected chi connectivity index (χ2v) is 5.07. The Hall–Kier alpha value is -1.85. The number of carbonyl (C=O) groups is 2. The highest BCUT2D eigenvalue weighted by molar-refractivity contribution is 5.96. The summed E-state index contributed by atoms with van der Waals surface area (Å²) in [6.45, 7) is 5.14. The van der Waals surface area contributed by atoms with Crippen molar-refractivity contribution in [1.82, 2.24) is 14.7 Å². The van der Waals surface area contributed by atoms with Crippen LogP contribution in [-0.2, 0) is 11.3 Å². The van der Waals surface area contributed by atoms with Crippen LogP contribution in [0, 0.1) is 5.92 Å². The molecule has 1 aliphatic heterocycles. The highest BCUT2D eigenvalue weighted by atomic mass is 16.4. The standard InChI is InChI=1S/C13H19N3O3/c1-3-15-8-10(7-14-15)12(17)16-5-4-9(2)6-11(16)13(18)19/h7-9,11H,3-6H2,1-2H3,(H,18,19). The second kappa shape index (κ2) is 5.42. The minimum Gasteiger partial charge on any atom is -0.480 e. The molecule has 1 saturated heterocycles. The van der Waals surface area contributed by atoms with E-state index in [1.54, 1.807) is 10.9 Å². The van der Waals surface area contributed by atoms with Crippen LogP contribution in [0.1, 0.15) is 37.0 Å². The van der Waals surface area contributed by atoms with Crippen LogP contribution in [0.4, 0.5) is 0 Å². The summed E-state index contributed by atoms with van der Waals surface area (Å²) in [4.78, 5) is 25.1. The molecule has 0 aliphatic carbocycles. The van der Waals surface area contributed by atoms with Gasteiger partial charge in [0, 0.05) is 19.3 Å². The van der Waals surface area contributed by atoms with Crippen LogP contribution in [0.25, 0.3) is 0 Å². The maximum absolute atomic E-state index is 12.4. The zero-order valence-corrected chi connectivity index (χ0v) is 11.2. The van der Waals surface area contributed by atoms with Crippen molar-refractivity contribution in [2.45, 2.75) is 39.3 Å². The van der Waals surface area contributed by atoms with Crippen LogP contribution in [-0.4, -0.2) is 44.3 Å². The summed E-state index contributed by atoms with van der Waals surface area (Å²) in [5, 5.41) is 13.3. The predicted octanol–water partition coefficient (Wildman–Crippen LogP) is 1.23. The van der Waals surface area contributed by atoms with E-state index < -0.39 is 12.0 Å². The molecule has 0 aromatic carbocycles. The lowest BCUT2D eigenvalue weighted by molar-refractivity contribution is -0.144. The number of nitrogens with zero attached hydrogens (tertiary/aromatic N) is 3. The molecule has 0 spiro atoms. The molecule has 0 bridgehead atoms. The first-order valence-electron chi connectivity index (χ1n) is 6.59. The van der Waals surface area contributed by atoms with E-state index in [4.69, 9.17) is 0 Å². The summed E-state index contributed by atoms with van der Waals surface area (Å²) in [7, 11) is 0. The first-order chi connectivity index (χ1) is 9.02. The van der Waals surface area contributed by atoms with Gasteiger partial charge in [-0.1, -0.05) is 6.92 Å². The van der Waals surface area contributed by atoms with Crippen molar-refractivity contribution in [1.29, 1.82) is 0 Å². The van der Waals surface area contributed by atoms with Crippen molar-refractivity contribution in [2.24, 2.45) is 5.92 Å². The van der Waals surface area contributed by atoms with Gasteiger partial charge in [0.2, 0.25) is 0 Å². The first-order valence-corrected chi connectivity index (χ1v) is 6.59. The van der Waals surface area contributed by atoms with Gasteiger partial charge < -0.3 is 10.0 Å². The van der Waals surface area contributed by atoms with Gasteiger partial charge in [0.25, 0.3) is 5.91 Å². The smallest absolute Gasteiger partial charge is 0.326 e. The number of likely N-dealkylation sites (tertiary alicyclic amines) is 1. The van der Waals surface area contributed by atoms with Gasteiger partial charge in [-0.2, -0.15) is 5.10 Å². The van der Waals surface area contributed by atoms with E-state index in [1.807, 2.05) is 13.8 Å². The molecule has 1 amide bonds. The average Bonchev–Trinajstić information content (AvgIpc) is 2.86. The Bertz CT molecular complexity index is 483. The molecule has 6 heteroatoms. The zero-order valence-electron chi connectivity index (χ0n) is 11.2. The highest BCUT2D eigenvalue weighted by Crippen LogP contribution is 2.24. The van der Waals surface area contributed by atoms with E-state index in [9.17, 15) is 14.7 Å². The fourth-order valence-corrected chi connectivity index (χ4v) is 2.43. The number of hydrogen-bond donors (Lipinski definition) is 1. The zero-order chi connectivity index (χ0) is 14.0. The summed E-state index contributed by atoms with van der Waals surface area (Å²) in [6.07, 6.45) is 4.53. The number of carboxylic acids is 1. The van der Waals surface area contributed by atoms with Gasteiger partial charge in [0.1, 0.15) is 6.04 Å². The van der Waals surface area contributed by atoms with Crippen molar-refractivity contribution >= 4 is 11.9 Å². The number of piperidine rings is 1. The summed E-state index contributed by atoms with van der Waals surface area (Å²) < 4.78 is 1.66. The van der Waals surface area contributed by atoms with Gasteiger partial charge >= 0.3 is 5.97 Å². The van der Waals surface area contributed by atoms with Gasteiger partial charge in [-0.15, -0.1) is 0 Å². The maximum Gasteiger partial charge on any atom is 0.326 e. The van der Waals surface area contributed by atoms with E-state index >= 15 is 0 Å². The van der Waals surface area contributed by atoms with Crippen LogP contribution in [0.2, 0.25) is 0 Å². The van der Waals surface area contributed by atoms with Gasteiger partial charge in [-0.05, 0) is 25.7 Å². The molecule has 19 heavy (non-hydrogen) atoms. The molecule has 1 aromatic heterocycles. The lowest BCUT2D eigenvalue weighted by atomic mass is 9.92. The van der Waals surface area contributed by atoms with Crippen LogP contribution in [0.5, 0.6) is 0 Å². The predicted molar refractivity (Wildman–Crippen MR) is 68.8 cm³/mol. The monoisotopic (exact) mass is 265 g/mol. The molecule has 6 nitrogen and oxygen atoms in total. The Morgan fingerprint density at radius 2 is 2.26 bits per heavy atom. The molecule has 104 valence electrons. The Morgan fingerprint density at radius 3 is 2.84 bits per heavy atom. The lowest BCUT2D eigenvalue weighted by Crippen LogP contribution is -2.49. The third-order valence-corrected chi connectivity index (χ3v) is 3.61. The SMILES string of the molecule is CCn1cc(C(=O)N2CCC(C)CC2C(=O)O)cn1. The van der Waals surface area contributed by atoms with Crippen LogP contribution >= 0.6 is 0 Å². The minimum atomic E-state index is -0.928. The van der Waals surface area contributed by atoms with Gasteiger partial charge in [-0.3, -0.25) is 9.48 Å². The number of amides is 1. The van der Waals surface area contributed by atoms with Crippen molar-refractivity contribution < 1.29 is 14.7 Å². The van der Waals surface area contributed by atoms with Crippen molar-refractivity contribution in [3.05, 3.63) is 18.0 Å². The number of carbonyl (C=O) groups excluding carboxylic acids is 1. The molecule has 2 atom stereocenters. The topological polar surface area (TPSA) is 75.4 Å². The number of carboxylic acid groups (broad SMARTS) is 1. The Labute approximate surface area is 112 Å². The van der Waals surface area contributed by atoms with Crippen molar-refractivity contribution in [3.63, 3.8) is 0 Å². The molecule has 2 heterocycles. The third kappa shape index (κ3) is 2.77. The molecule has 1 fully saturated rings. The normalized spacial score (nSPS) is 23.4. The molecule has 1 N–H and O–H groups in total. The number of hydrogen-bond acceptors (Lipinski definition) is 3. The molecule has 1 aliphatic rings. The molecule has 1 aromatic rings. The van der Waals surface area contributed by atoms with Crippen LogP contribution in [0.15, 0.2) is 12.4 Å². The van der Waals surface area contributed by atoms with Crippen LogP contribution < -0.4 is 0 Å². The lowest BCUT2D eigenvalue weighted by Gasteiger charge is -2.35. The maximum atomic E-state index is 12.4. The molecular weight excluding hydrogens is 246 g/mol. The number of rotatable bonds is 3. The summed E-state index contributed by atoms with van der Waals surface area (Å²) >= 11 is 0. The fraction of sp³-hybridized carbons (Fsp3) is 0.615. The van der Waals surface area contributed by atoms with Crippen molar-refractivity contribution in [3.8, 4) is 0 Å². The second-order valence-electron chi connectivity index (χ2n) is 5.07. The molecule has 2 rings (SSSR count). The third-order valence-electron chi connectivity index (χ3n) is 3.61. The minimum absolute atomic E-state index is 0.237. The Kier molecular flexibility index (Phi) is 3.87. The Morgan fingerprint density at radius 1 is 1.53 bits per heavy atom. The fourth-order valence-electron chi connectivity index (χ4n) is 2.43. The van der Waals surface area contributed by atoms with Crippen LogP contribution in [0.3, 0.4) is 0 Å². The van der Waals surface area contributed by atoms with Gasteiger partial charge in [0.15, 0.2) is 0 Å². The van der Waals surface area contributed by atoms with E-state index in [-0.39, 0.29) is 5.91 Å².